The van der Waals surface area contributed by atoms with Crippen LogP contribution in [0.3, 0.4) is 0 Å². The molecule has 0 unspecified atom stereocenters. The fourth-order valence-electron chi connectivity index (χ4n) is 3.68. The molecule has 2 aromatic carbocycles. The van der Waals surface area contributed by atoms with Crippen LogP contribution in [0.1, 0.15) is 11.5 Å². The fraction of sp³-hybridized carbons (Fsp3) is 0.250. The third kappa shape index (κ3) is 2.94. The van der Waals surface area contributed by atoms with Gasteiger partial charge >= 0.3 is 5.97 Å². The van der Waals surface area contributed by atoms with E-state index in [1.807, 2.05) is 59.2 Å². The van der Waals surface area contributed by atoms with Crippen LogP contribution in [0.15, 0.2) is 60.9 Å². The molecule has 4 rings (SSSR count). The van der Waals surface area contributed by atoms with Crippen LogP contribution in [0.2, 0.25) is 0 Å². The predicted octanol–water partition coefficient (Wildman–Crippen LogP) is 2.36. The normalized spacial score (nSPS) is 19.8. The fourth-order valence-corrected chi connectivity index (χ4v) is 3.68. The van der Waals surface area contributed by atoms with Crippen LogP contribution in [0.25, 0.3) is 11.0 Å². The maximum absolute atomic E-state index is 12.8. The lowest BCUT2D eigenvalue weighted by Crippen LogP contribution is -2.32. The number of benzene rings is 2. The molecule has 0 aliphatic carbocycles. The number of hydrogen-bond donors (Lipinski definition) is 1. The number of carbonyl (C=O) groups is 2. The molecule has 3 aromatic rings. The number of nitrogens with zero attached hydrogens (tertiary/aromatic N) is 3. The van der Waals surface area contributed by atoms with Gasteiger partial charge in [-0.2, -0.15) is 0 Å². The number of fused-ring (bicyclic) bond motifs is 1. The van der Waals surface area contributed by atoms with Gasteiger partial charge in [0.25, 0.3) is 0 Å². The molecular weight excluding hydrogens is 330 g/mol. The molecule has 1 aliphatic heterocycles. The molecule has 132 valence electrons. The summed E-state index contributed by atoms with van der Waals surface area (Å²) in [6.45, 7) is 0.821. The molecule has 0 spiro atoms. The molecule has 26 heavy (non-hydrogen) atoms. The Balaban J connectivity index is 1.54. The van der Waals surface area contributed by atoms with Crippen molar-refractivity contribution in [1.29, 1.82) is 0 Å². The van der Waals surface area contributed by atoms with Gasteiger partial charge < -0.3 is 14.6 Å². The Morgan fingerprint density at radius 1 is 1.04 bits per heavy atom. The molecule has 1 saturated heterocycles. The quantitative estimate of drug-likeness (QED) is 0.785. The van der Waals surface area contributed by atoms with Gasteiger partial charge in [0.2, 0.25) is 5.91 Å². The average molecular weight is 349 g/mol. The molecule has 1 aliphatic rings. The van der Waals surface area contributed by atoms with E-state index in [0.29, 0.717) is 6.54 Å². The number of hydrogen-bond acceptors (Lipinski definition) is 3. The van der Waals surface area contributed by atoms with Crippen molar-refractivity contribution < 1.29 is 14.7 Å². The second kappa shape index (κ2) is 6.63. The van der Waals surface area contributed by atoms with Crippen LogP contribution in [-0.4, -0.2) is 44.5 Å². The molecule has 1 aromatic heterocycles. The van der Waals surface area contributed by atoms with E-state index in [1.165, 1.54) is 0 Å². The lowest BCUT2D eigenvalue weighted by Gasteiger charge is -2.17. The first-order chi connectivity index (χ1) is 12.6. The van der Waals surface area contributed by atoms with Crippen molar-refractivity contribution in [3.63, 3.8) is 0 Å². The minimum Gasteiger partial charge on any atom is -0.481 e. The Kier molecular flexibility index (Phi) is 4.16. The van der Waals surface area contributed by atoms with E-state index in [2.05, 4.69) is 4.98 Å². The van der Waals surface area contributed by atoms with Crippen LogP contribution in [-0.2, 0) is 16.1 Å². The SMILES string of the molecule is O=C(O)[C@@H]1CN(C(=O)Cn2cnc3ccccc32)C[C@H]1c1ccccc1. The van der Waals surface area contributed by atoms with Crippen molar-refractivity contribution in [2.24, 2.45) is 5.92 Å². The van der Waals surface area contributed by atoms with Crippen molar-refractivity contribution in [2.45, 2.75) is 12.5 Å². The third-order valence-corrected chi connectivity index (χ3v) is 5.05. The summed E-state index contributed by atoms with van der Waals surface area (Å²) in [4.78, 5) is 30.4. The molecular formula is C20H19N3O3. The summed E-state index contributed by atoms with van der Waals surface area (Å²) in [5, 5.41) is 9.59. The van der Waals surface area contributed by atoms with Crippen LogP contribution >= 0.6 is 0 Å². The Bertz CT molecular complexity index is 951. The zero-order chi connectivity index (χ0) is 18.1. The molecule has 1 amide bonds. The number of aromatic nitrogens is 2. The second-order valence-electron chi connectivity index (χ2n) is 6.62. The third-order valence-electron chi connectivity index (χ3n) is 5.05. The maximum Gasteiger partial charge on any atom is 0.308 e. The molecule has 1 N–H and O–H groups in total. The summed E-state index contributed by atoms with van der Waals surface area (Å²) < 4.78 is 1.81. The van der Waals surface area contributed by atoms with Gasteiger partial charge in [-0.1, -0.05) is 42.5 Å². The summed E-state index contributed by atoms with van der Waals surface area (Å²) in [6, 6.07) is 17.2. The summed E-state index contributed by atoms with van der Waals surface area (Å²) in [7, 11) is 0. The van der Waals surface area contributed by atoms with Gasteiger partial charge in [-0.15, -0.1) is 0 Å². The van der Waals surface area contributed by atoms with Gasteiger partial charge in [-0.25, -0.2) is 4.98 Å². The topological polar surface area (TPSA) is 75.4 Å². The van der Waals surface area contributed by atoms with E-state index in [0.717, 1.165) is 16.6 Å². The van der Waals surface area contributed by atoms with Crippen LogP contribution in [0, 0.1) is 5.92 Å². The molecule has 6 nitrogen and oxygen atoms in total. The highest BCUT2D eigenvalue weighted by molar-refractivity contribution is 5.82. The average Bonchev–Trinajstić information content (AvgIpc) is 3.28. The van der Waals surface area contributed by atoms with Gasteiger partial charge in [0, 0.05) is 19.0 Å². The Hall–Kier alpha value is -3.15. The van der Waals surface area contributed by atoms with E-state index in [4.69, 9.17) is 0 Å². The highest BCUT2D eigenvalue weighted by Crippen LogP contribution is 2.33. The van der Waals surface area contributed by atoms with Gasteiger partial charge in [0.1, 0.15) is 6.54 Å². The van der Waals surface area contributed by atoms with E-state index >= 15 is 0 Å². The minimum atomic E-state index is -0.859. The summed E-state index contributed by atoms with van der Waals surface area (Å²) in [5.74, 6) is -1.71. The standard InChI is InChI=1S/C20H19N3O3/c24-19(12-23-13-21-17-8-4-5-9-18(17)23)22-10-15(16(11-22)20(25)26)14-6-2-1-3-7-14/h1-9,13,15-16H,10-12H2,(H,25,26)/t15-,16+/m0/s1. The van der Waals surface area contributed by atoms with Crippen molar-refractivity contribution in [3.05, 3.63) is 66.5 Å². The molecule has 6 heteroatoms. The number of carboxylic acids is 1. The first-order valence-corrected chi connectivity index (χ1v) is 8.59. The van der Waals surface area contributed by atoms with Gasteiger partial charge in [-0.05, 0) is 17.7 Å². The minimum absolute atomic E-state index is 0.0853. The zero-order valence-electron chi connectivity index (χ0n) is 14.2. The van der Waals surface area contributed by atoms with Crippen LogP contribution in [0.4, 0.5) is 0 Å². The highest BCUT2D eigenvalue weighted by atomic mass is 16.4. The highest BCUT2D eigenvalue weighted by Gasteiger charge is 2.40. The monoisotopic (exact) mass is 349 g/mol. The van der Waals surface area contributed by atoms with E-state index < -0.39 is 11.9 Å². The summed E-state index contributed by atoms with van der Waals surface area (Å²) >= 11 is 0. The van der Waals surface area contributed by atoms with Crippen LogP contribution in [0.5, 0.6) is 0 Å². The van der Waals surface area contributed by atoms with Crippen LogP contribution < -0.4 is 0 Å². The predicted molar refractivity (Wildman–Crippen MR) is 96.6 cm³/mol. The molecule has 0 radical (unpaired) electrons. The van der Waals surface area contributed by atoms with Crippen molar-refractivity contribution in [1.82, 2.24) is 14.5 Å². The number of carbonyl (C=O) groups excluding carboxylic acids is 1. The zero-order valence-corrected chi connectivity index (χ0v) is 14.2. The number of amides is 1. The second-order valence-corrected chi connectivity index (χ2v) is 6.62. The first-order valence-electron chi connectivity index (χ1n) is 8.59. The van der Waals surface area contributed by atoms with Gasteiger partial charge in [0.05, 0.1) is 23.3 Å². The summed E-state index contributed by atoms with van der Waals surface area (Å²) in [5.41, 5.74) is 2.70. The summed E-state index contributed by atoms with van der Waals surface area (Å²) in [6.07, 6.45) is 1.65. The molecule has 2 heterocycles. The van der Waals surface area contributed by atoms with E-state index in [9.17, 15) is 14.7 Å². The van der Waals surface area contributed by atoms with Gasteiger partial charge in [-0.3, -0.25) is 9.59 Å². The lowest BCUT2D eigenvalue weighted by atomic mass is 9.89. The van der Waals surface area contributed by atoms with Crippen molar-refractivity contribution in [3.8, 4) is 0 Å². The largest absolute Gasteiger partial charge is 0.481 e. The first kappa shape index (κ1) is 16.3. The van der Waals surface area contributed by atoms with E-state index in [-0.39, 0.29) is 24.9 Å². The van der Waals surface area contributed by atoms with Gasteiger partial charge in [0.15, 0.2) is 0 Å². The molecule has 0 saturated carbocycles. The smallest absolute Gasteiger partial charge is 0.308 e. The number of carboxylic acid groups (broad SMARTS) is 1. The Morgan fingerprint density at radius 3 is 2.54 bits per heavy atom. The number of aliphatic carboxylic acids is 1. The number of imidazole rings is 1. The lowest BCUT2D eigenvalue weighted by molar-refractivity contribution is -0.141. The molecule has 0 bridgehead atoms. The maximum atomic E-state index is 12.8. The van der Waals surface area contributed by atoms with Crippen molar-refractivity contribution >= 4 is 22.9 Å². The van der Waals surface area contributed by atoms with E-state index in [1.54, 1.807) is 11.2 Å². The number of rotatable bonds is 4. The number of likely N-dealkylation sites (tertiary alicyclic amines) is 1. The Morgan fingerprint density at radius 2 is 1.77 bits per heavy atom. The number of para-hydroxylation sites is 2. The molecule has 1 fully saturated rings. The van der Waals surface area contributed by atoms with Crippen molar-refractivity contribution in [2.75, 3.05) is 13.1 Å². The Labute approximate surface area is 150 Å². The molecule has 2 atom stereocenters.